The minimum atomic E-state index is -4.85. The van der Waals surface area contributed by atoms with Crippen LogP contribution in [0.3, 0.4) is 0 Å². The number of ether oxygens (including phenoxy) is 1. The molecule has 1 N–H and O–H groups in total. The number of alkyl halides is 3. The van der Waals surface area contributed by atoms with Gasteiger partial charge in [0.1, 0.15) is 5.54 Å². The van der Waals surface area contributed by atoms with Crippen molar-refractivity contribution in [2.24, 2.45) is 0 Å². The maximum atomic E-state index is 13.5. The van der Waals surface area contributed by atoms with E-state index in [-0.39, 0.29) is 12.2 Å². The first-order chi connectivity index (χ1) is 18.4. The highest BCUT2D eigenvalue weighted by molar-refractivity contribution is 6.23. The topological polar surface area (TPSA) is 103 Å². The Morgan fingerprint density at radius 1 is 1.05 bits per heavy atom. The van der Waals surface area contributed by atoms with Crippen LogP contribution in [0.2, 0.25) is 0 Å². The molecule has 0 aromatic heterocycles. The summed E-state index contributed by atoms with van der Waals surface area (Å²) in [5.74, 6) is -1.21. The van der Waals surface area contributed by atoms with Crippen molar-refractivity contribution in [2.75, 3.05) is 17.3 Å². The lowest BCUT2D eigenvalue weighted by Crippen LogP contribution is -2.43. The van der Waals surface area contributed by atoms with Crippen molar-refractivity contribution in [3.63, 3.8) is 0 Å². The zero-order valence-electron chi connectivity index (χ0n) is 21.2. The predicted molar refractivity (Wildman–Crippen MR) is 136 cm³/mol. The molecule has 1 saturated heterocycles. The van der Waals surface area contributed by atoms with Crippen LogP contribution in [0, 0.1) is 11.3 Å². The summed E-state index contributed by atoms with van der Waals surface area (Å²) in [5, 5.41) is 12.3. The van der Waals surface area contributed by atoms with Crippen LogP contribution < -0.4 is 10.2 Å². The monoisotopic (exact) mass is 536 g/mol. The van der Waals surface area contributed by atoms with Crippen molar-refractivity contribution in [2.45, 2.75) is 32.1 Å². The molecule has 0 unspecified atom stereocenters. The summed E-state index contributed by atoms with van der Waals surface area (Å²) in [6.45, 7) is 2.98. The largest absolute Gasteiger partial charge is 0.465 e. The van der Waals surface area contributed by atoms with Crippen LogP contribution in [0.5, 0.6) is 0 Å². The van der Waals surface area contributed by atoms with Gasteiger partial charge in [0.15, 0.2) is 0 Å². The Balaban J connectivity index is 1.66. The van der Waals surface area contributed by atoms with Crippen LogP contribution in [0.25, 0.3) is 0 Å². The van der Waals surface area contributed by atoms with Gasteiger partial charge >= 0.3 is 18.2 Å². The number of nitrogens with one attached hydrogen (secondary N) is 1. The normalized spacial score (nSPS) is 14.8. The quantitative estimate of drug-likeness (QED) is 0.313. The number of para-hydroxylation sites is 1. The van der Waals surface area contributed by atoms with E-state index in [1.54, 1.807) is 48.5 Å². The molecule has 8 nitrogen and oxygen atoms in total. The molecule has 3 amide bonds. The molecular weight excluding hydrogens is 513 g/mol. The van der Waals surface area contributed by atoms with Crippen LogP contribution in [0.15, 0.2) is 66.7 Å². The van der Waals surface area contributed by atoms with E-state index in [9.17, 15) is 27.6 Å². The number of methoxy groups -OCH3 is 1. The van der Waals surface area contributed by atoms with Gasteiger partial charge in [0.05, 0.1) is 42.1 Å². The molecule has 0 saturated carbocycles. The van der Waals surface area contributed by atoms with Crippen molar-refractivity contribution in [3.05, 3.63) is 89.0 Å². The molecule has 200 valence electrons. The molecule has 4 rings (SSSR count). The Morgan fingerprint density at radius 2 is 1.77 bits per heavy atom. The number of nitriles is 1. The Labute approximate surface area is 222 Å². The summed E-state index contributed by atoms with van der Waals surface area (Å²) in [6.07, 6.45) is -4.85. The zero-order valence-corrected chi connectivity index (χ0v) is 21.2. The first-order valence-electron chi connectivity index (χ1n) is 11.7. The van der Waals surface area contributed by atoms with Crippen molar-refractivity contribution < 1.29 is 32.3 Å². The van der Waals surface area contributed by atoms with E-state index in [1.807, 2.05) is 0 Å². The fourth-order valence-electron chi connectivity index (χ4n) is 4.28. The van der Waals surface area contributed by atoms with E-state index in [0.29, 0.717) is 33.5 Å². The molecule has 1 fully saturated rings. The standard InChI is InChI=1S/C28H23F3N4O4/c1-27(2)25(37)35(21-12-11-18(15-32)22(14-21)28(29,30)31)26(38)34(27)16-19-7-4-5-10-23(19)33-20-9-6-8-17(13-20)24(36)39-3/h4-14,33H,16H2,1-3H3. The number of esters is 1. The van der Waals surface area contributed by atoms with E-state index in [1.165, 1.54) is 31.9 Å². The van der Waals surface area contributed by atoms with Gasteiger partial charge < -0.3 is 15.0 Å². The number of hydrogen-bond acceptors (Lipinski definition) is 6. The highest BCUT2D eigenvalue weighted by Gasteiger charge is 2.52. The second kappa shape index (κ2) is 10.1. The van der Waals surface area contributed by atoms with Gasteiger partial charge in [-0.05, 0) is 61.9 Å². The number of anilines is 3. The van der Waals surface area contributed by atoms with Gasteiger partial charge in [-0.25, -0.2) is 14.5 Å². The second-order valence-electron chi connectivity index (χ2n) is 9.26. The lowest BCUT2D eigenvalue weighted by Gasteiger charge is -2.28. The summed E-state index contributed by atoms with van der Waals surface area (Å²) in [5.41, 5.74) is -1.40. The highest BCUT2D eigenvalue weighted by atomic mass is 19.4. The van der Waals surface area contributed by atoms with Gasteiger partial charge in [0.2, 0.25) is 0 Å². The summed E-state index contributed by atoms with van der Waals surface area (Å²) < 4.78 is 45.4. The van der Waals surface area contributed by atoms with Crippen LogP contribution in [-0.4, -0.2) is 35.5 Å². The molecule has 0 bridgehead atoms. The molecule has 0 spiro atoms. The number of urea groups is 1. The first kappa shape index (κ1) is 27.2. The van der Waals surface area contributed by atoms with Crippen LogP contribution in [0.4, 0.5) is 35.0 Å². The third-order valence-corrected chi connectivity index (χ3v) is 6.42. The number of rotatable bonds is 6. The smallest absolute Gasteiger partial charge is 0.417 e. The molecule has 1 aliphatic rings. The van der Waals surface area contributed by atoms with Gasteiger partial charge in [-0.1, -0.05) is 24.3 Å². The summed E-state index contributed by atoms with van der Waals surface area (Å²) in [4.78, 5) is 40.7. The minimum absolute atomic E-state index is 0.0453. The van der Waals surface area contributed by atoms with Crippen LogP contribution >= 0.6 is 0 Å². The van der Waals surface area contributed by atoms with Crippen molar-refractivity contribution in [3.8, 4) is 6.07 Å². The van der Waals surface area contributed by atoms with E-state index < -0.39 is 40.7 Å². The van der Waals surface area contributed by atoms with E-state index in [0.717, 1.165) is 12.1 Å². The fraction of sp³-hybridized carbons (Fsp3) is 0.214. The highest BCUT2D eigenvalue weighted by Crippen LogP contribution is 2.38. The average Bonchev–Trinajstić information content (AvgIpc) is 3.07. The lowest BCUT2D eigenvalue weighted by atomic mass is 10.0. The molecular formula is C28H23F3N4O4. The van der Waals surface area contributed by atoms with Gasteiger partial charge in [-0.2, -0.15) is 18.4 Å². The maximum Gasteiger partial charge on any atom is 0.417 e. The summed E-state index contributed by atoms with van der Waals surface area (Å²) >= 11 is 0. The van der Waals surface area contributed by atoms with E-state index in [2.05, 4.69) is 5.32 Å². The van der Waals surface area contributed by atoms with Gasteiger partial charge in [-0.3, -0.25) is 4.79 Å². The third-order valence-electron chi connectivity index (χ3n) is 6.42. The second-order valence-corrected chi connectivity index (χ2v) is 9.26. The summed E-state index contributed by atoms with van der Waals surface area (Å²) in [6, 6.07) is 17.0. The molecule has 3 aromatic rings. The Kier molecular flexibility index (Phi) is 7.07. The molecule has 39 heavy (non-hydrogen) atoms. The molecule has 11 heteroatoms. The lowest BCUT2D eigenvalue weighted by molar-refractivity contribution is -0.137. The predicted octanol–water partition coefficient (Wildman–Crippen LogP) is 5.85. The SMILES string of the molecule is COC(=O)c1cccc(Nc2ccccc2CN2C(=O)N(c3ccc(C#N)c(C(F)(F)F)c3)C(=O)C2(C)C)c1. The molecule has 3 aromatic carbocycles. The van der Waals surface area contributed by atoms with Crippen LogP contribution in [-0.2, 0) is 22.3 Å². The Morgan fingerprint density at radius 3 is 2.44 bits per heavy atom. The number of carbonyl (C=O) groups is 3. The molecule has 1 heterocycles. The van der Waals surface area contributed by atoms with Gasteiger partial charge in [-0.15, -0.1) is 0 Å². The third kappa shape index (κ3) is 5.13. The van der Waals surface area contributed by atoms with Crippen molar-refractivity contribution >= 4 is 35.0 Å². The number of benzene rings is 3. The van der Waals surface area contributed by atoms with E-state index >= 15 is 0 Å². The van der Waals surface area contributed by atoms with Crippen LogP contribution in [0.1, 0.15) is 40.9 Å². The fourth-order valence-corrected chi connectivity index (χ4v) is 4.28. The maximum absolute atomic E-state index is 13.5. The number of carbonyl (C=O) groups excluding carboxylic acids is 3. The summed E-state index contributed by atoms with van der Waals surface area (Å²) in [7, 11) is 1.28. The van der Waals surface area contributed by atoms with Crippen molar-refractivity contribution in [1.29, 1.82) is 5.26 Å². The van der Waals surface area contributed by atoms with Gasteiger partial charge in [0.25, 0.3) is 5.91 Å². The number of amides is 3. The molecule has 0 aliphatic carbocycles. The zero-order chi connectivity index (χ0) is 28.5. The number of nitrogens with zero attached hydrogens (tertiary/aromatic N) is 3. The Bertz CT molecular complexity index is 1510. The Hall–Kier alpha value is -4.85. The number of halogens is 3. The molecule has 0 atom stereocenters. The average molecular weight is 537 g/mol. The van der Waals surface area contributed by atoms with Crippen molar-refractivity contribution in [1.82, 2.24) is 4.90 Å². The molecule has 1 aliphatic heterocycles. The van der Waals surface area contributed by atoms with Gasteiger partial charge in [0, 0.05) is 11.4 Å². The van der Waals surface area contributed by atoms with E-state index in [4.69, 9.17) is 10.00 Å². The molecule has 0 radical (unpaired) electrons. The minimum Gasteiger partial charge on any atom is -0.465 e. The number of imide groups is 1. The number of hydrogen-bond donors (Lipinski definition) is 1. The first-order valence-corrected chi connectivity index (χ1v) is 11.7.